The average Bonchev–Trinajstić information content (AvgIpc) is 2.72. The lowest BCUT2D eigenvalue weighted by Crippen LogP contribution is -1.87. The molecule has 0 aromatic carbocycles. The van der Waals surface area contributed by atoms with Crippen molar-refractivity contribution in [2.75, 3.05) is 5.73 Å². The van der Waals surface area contributed by atoms with Crippen molar-refractivity contribution in [2.45, 2.75) is 6.92 Å². The van der Waals surface area contributed by atoms with Gasteiger partial charge in [0.2, 0.25) is 0 Å². The Bertz CT molecular complexity index is 685. The van der Waals surface area contributed by atoms with Gasteiger partial charge in [-0.2, -0.15) is 0 Å². The summed E-state index contributed by atoms with van der Waals surface area (Å²) < 4.78 is 0. The summed E-state index contributed by atoms with van der Waals surface area (Å²) in [7, 11) is 0. The van der Waals surface area contributed by atoms with Gasteiger partial charge in [-0.15, -0.1) is 0 Å². The molecule has 3 rings (SSSR count). The van der Waals surface area contributed by atoms with Gasteiger partial charge in [-0.1, -0.05) is 0 Å². The minimum absolute atomic E-state index is 0.525. The third-order valence-electron chi connectivity index (χ3n) is 2.73. The summed E-state index contributed by atoms with van der Waals surface area (Å²) in [6, 6.07) is 7.93. The number of aryl methyl sites for hydroxylation is 1. The Morgan fingerprint density at radius 2 is 2.06 bits per heavy atom. The molecule has 4 nitrogen and oxygen atoms in total. The summed E-state index contributed by atoms with van der Waals surface area (Å²) in [4.78, 5) is 11.6. The second-order valence-corrected chi connectivity index (χ2v) is 4.07. The molecule has 0 aliphatic carbocycles. The first-order valence-corrected chi connectivity index (χ1v) is 5.40. The highest BCUT2D eigenvalue weighted by atomic mass is 14.8. The van der Waals surface area contributed by atoms with Gasteiger partial charge in [0, 0.05) is 40.8 Å². The predicted octanol–water partition coefficient (Wildman–Crippen LogP) is 2.52. The Morgan fingerprint density at radius 3 is 2.88 bits per heavy atom. The van der Waals surface area contributed by atoms with E-state index in [-0.39, 0.29) is 0 Å². The van der Waals surface area contributed by atoms with Gasteiger partial charge in [0.05, 0.1) is 5.52 Å². The third kappa shape index (κ3) is 1.73. The number of nitrogens with zero attached hydrogens (tertiary/aromatic N) is 2. The number of aromatic nitrogens is 3. The Labute approximate surface area is 98.5 Å². The summed E-state index contributed by atoms with van der Waals surface area (Å²) in [5.41, 5.74) is 9.83. The largest absolute Gasteiger partial charge is 0.384 e. The smallest absolute Gasteiger partial charge is 0.125 e. The standard InChI is InChI=1S/C13H12N4/c1-8-4-9(2-3-15-8)11-5-10-7-16-13(14)6-12(10)17-11/h2-7,17H,1H3,(H2,14,16). The molecular weight excluding hydrogens is 212 g/mol. The molecule has 0 aliphatic rings. The third-order valence-corrected chi connectivity index (χ3v) is 2.73. The Balaban J connectivity index is 2.18. The number of aromatic amines is 1. The molecule has 0 unspecified atom stereocenters. The molecule has 0 aliphatic heterocycles. The normalized spacial score (nSPS) is 10.9. The van der Waals surface area contributed by atoms with Gasteiger partial charge in [0.1, 0.15) is 5.82 Å². The van der Waals surface area contributed by atoms with Crippen LogP contribution in [0.15, 0.2) is 36.7 Å². The van der Waals surface area contributed by atoms with Gasteiger partial charge in [-0.25, -0.2) is 4.98 Å². The highest BCUT2D eigenvalue weighted by molar-refractivity contribution is 5.86. The molecule has 3 heterocycles. The molecule has 3 N–H and O–H groups in total. The van der Waals surface area contributed by atoms with Crippen LogP contribution in [0.3, 0.4) is 0 Å². The number of rotatable bonds is 1. The van der Waals surface area contributed by atoms with Gasteiger partial charge < -0.3 is 10.7 Å². The first-order chi connectivity index (χ1) is 8.22. The summed E-state index contributed by atoms with van der Waals surface area (Å²) in [5.74, 6) is 0.525. The summed E-state index contributed by atoms with van der Waals surface area (Å²) in [6.07, 6.45) is 3.58. The molecule has 0 spiro atoms. The Hall–Kier alpha value is -2.36. The number of fused-ring (bicyclic) bond motifs is 1. The van der Waals surface area contributed by atoms with Gasteiger partial charge in [-0.3, -0.25) is 4.98 Å². The number of hydrogen-bond donors (Lipinski definition) is 2. The van der Waals surface area contributed by atoms with Crippen LogP contribution >= 0.6 is 0 Å². The lowest BCUT2D eigenvalue weighted by atomic mass is 10.2. The fourth-order valence-corrected chi connectivity index (χ4v) is 1.91. The first-order valence-electron chi connectivity index (χ1n) is 5.40. The van der Waals surface area contributed by atoms with Crippen molar-refractivity contribution in [3.05, 3.63) is 42.4 Å². The molecule has 0 atom stereocenters. The van der Waals surface area contributed by atoms with Crippen LogP contribution in [0.4, 0.5) is 5.82 Å². The maximum absolute atomic E-state index is 5.65. The van der Waals surface area contributed by atoms with E-state index < -0.39 is 0 Å². The van der Waals surface area contributed by atoms with E-state index in [1.165, 1.54) is 0 Å². The maximum Gasteiger partial charge on any atom is 0.125 e. The molecular formula is C13H12N4. The quantitative estimate of drug-likeness (QED) is 0.667. The Kier molecular flexibility index (Phi) is 2.08. The van der Waals surface area contributed by atoms with E-state index in [9.17, 15) is 0 Å². The van der Waals surface area contributed by atoms with Gasteiger partial charge in [-0.05, 0) is 25.1 Å². The number of nitrogens with two attached hydrogens (primary N) is 1. The second kappa shape index (κ2) is 3.59. The van der Waals surface area contributed by atoms with Crippen LogP contribution in [0.5, 0.6) is 0 Å². The van der Waals surface area contributed by atoms with Crippen molar-refractivity contribution in [3.63, 3.8) is 0 Å². The molecule has 84 valence electrons. The van der Waals surface area contributed by atoms with E-state index in [2.05, 4.69) is 21.0 Å². The zero-order chi connectivity index (χ0) is 11.8. The van der Waals surface area contributed by atoms with Crippen LogP contribution in [-0.2, 0) is 0 Å². The Morgan fingerprint density at radius 1 is 1.18 bits per heavy atom. The number of nitrogens with one attached hydrogen (secondary N) is 1. The molecule has 4 heteroatoms. The molecule has 0 saturated heterocycles. The van der Waals surface area contributed by atoms with E-state index in [1.54, 1.807) is 6.20 Å². The molecule has 17 heavy (non-hydrogen) atoms. The minimum Gasteiger partial charge on any atom is -0.384 e. The van der Waals surface area contributed by atoms with Gasteiger partial charge >= 0.3 is 0 Å². The van der Waals surface area contributed by atoms with E-state index >= 15 is 0 Å². The van der Waals surface area contributed by atoms with Crippen molar-refractivity contribution in [1.82, 2.24) is 15.0 Å². The van der Waals surface area contributed by atoms with Crippen molar-refractivity contribution in [2.24, 2.45) is 0 Å². The van der Waals surface area contributed by atoms with E-state index in [4.69, 9.17) is 5.73 Å². The lowest BCUT2D eigenvalue weighted by Gasteiger charge is -1.98. The van der Waals surface area contributed by atoms with Crippen LogP contribution in [-0.4, -0.2) is 15.0 Å². The molecule has 0 bridgehead atoms. The average molecular weight is 224 g/mol. The van der Waals surface area contributed by atoms with E-state index in [0.717, 1.165) is 27.9 Å². The molecule has 0 radical (unpaired) electrons. The minimum atomic E-state index is 0.525. The predicted molar refractivity (Wildman–Crippen MR) is 68.5 cm³/mol. The van der Waals surface area contributed by atoms with Crippen LogP contribution in [0.25, 0.3) is 22.2 Å². The SMILES string of the molecule is Cc1cc(-c2cc3cnc(N)cc3[nH]2)ccn1. The summed E-state index contributed by atoms with van der Waals surface area (Å²) in [5, 5.41) is 1.06. The molecule has 0 saturated carbocycles. The topological polar surface area (TPSA) is 67.6 Å². The number of anilines is 1. The van der Waals surface area contributed by atoms with Gasteiger partial charge in [0.15, 0.2) is 0 Å². The number of nitrogen functional groups attached to an aromatic ring is 1. The number of H-pyrrole nitrogens is 1. The van der Waals surface area contributed by atoms with Crippen molar-refractivity contribution >= 4 is 16.7 Å². The van der Waals surface area contributed by atoms with Crippen LogP contribution in [0.1, 0.15) is 5.69 Å². The molecule has 0 fully saturated rings. The van der Waals surface area contributed by atoms with E-state index in [0.29, 0.717) is 5.82 Å². The fourth-order valence-electron chi connectivity index (χ4n) is 1.91. The number of pyridine rings is 2. The molecule has 0 amide bonds. The highest BCUT2D eigenvalue weighted by Crippen LogP contribution is 2.24. The van der Waals surface area contributed by atoms with Crippen molar-refractivity contribution < 1.29 is 0 Å². The second-order valence-electron chi connectivity index (χ2n) is 4.07. The van der Waals surface area contributed by atoms with Crippen LogP contribution in [0, 0.1) is 6.92 Å². The first kappa shape index (κ1) is 9.84. The van der Waals surface area contributed by atoms with Crippen molar-refractivity contribution in [3.8, 4) is 11.3 Å². The van der Waals surface area contributed by atoms with Crippen LogP contribution < -0.4 is 5.73 Å². The number of hydrogen-bond acceptors (Lipinski definition) is 3. The lowest BCUT2D eigenvalue weighted by molar-refractivity contribution is 1.20. The monoisotopic (exact) mass is 224 g/mol. The van der Waals surface area contributed by atoms with Crippen LogP contribution in [0.2, 0.25) is 0 Å². The highest BCUT2D eigenvalue weighted by Gasteiger charge is 2.04. The molecule has 3 aromatic heterocycles. The van der Waals surface area contributed by atoms with Gasteiger partial charge in [0.25, 0.3) is 0 Å². The zero-order valence-corrected chi connectivity index (χ0v) is 9.44. The summed E-state index contributed by atoms with van der Waals surface area (Å²) >= 11 is 0. The van der Waals surface area contributed by atoms with E-state index in [1.807, 2.05) is 31.3 Å². The fraction of sp³-hybridized carbons (Fsp3) is 0.0769. The zero-order valence-electron chi connectivity index (χ0n) is 9.44. The summed E-state index contributed by atoms with van der Waals surface area (Å²) in [6.45, 7) is 1.98. The maximum atomic E-state index is 5.65. The van der Waals surface area contributed by atoms with Crippen molar-refractivity contribution in [1.29, 1.82) is 0 Å². The molecule has 3 aromatic rings.